The van der Waals surface area contributed by atoms with Gasteiger partial charge in [-0.25, -0.2) is 4.39 Å². The molecule has 2 aliphatic heterocycles. The Morgan fingerprint density at radius 2 is 1.85 bits per heavy atom. The second kappa shape index (κ2) is 7.25. The molecule has 27 heavy (non-hydrogen) atoms. The third-order valence-corrected chi connectivity index (χ3v) is 5.20. The molecule has 0 aromatic heterocycles. The molecule has 1 amide bonds. The van der Waals surface area contributed by atoms with E-state index in [1.54, 1.807) is 17.0 Å². The summed E-state index contributed by atoms with van der Waals surface area (Å²) >= 11 is 5.30. The molecule has 0 unspecified atom stereocenters. The van der Waals surface area contributed by atoms with E-state index in [1.165, 1.54) is 12.1 Å². The number of ether oxygens (including phenoxy) is 1. The average molecular weight is 385 g/mol. The Kier molecular flexibility index (Phi) is 4.80. The summed E-state index contributed by atoms with van der Waals surface area (Å²) < 4.78 is 18.9. The van der Waals surface area contributed by atoms with Crippen molar-refractivity contribution < 1.29 is 13.9 Å². The highest BCUT2D eigenvalue weighted by atomic mass is 32.1. The lowest BCUT2D eigenvalue weighted by molar-refractivity contribution is -0.117. The van der Waals surface area contributed by atoms with Gasteiger partial charge < -0.3 is 19.9 Å². The number of rotatable bonds is 3. The number of hydrogen-bond donors (Lipinski definition) is 1. The molecule has 2 saturated heterocycles. The van der Waals surface area contributed by atoms with Crippen LogP contribution < -0.4 is 15.1 Å². The third kappa shape index (κ3) is 3.52. The summed E-state index contributed by atoms with van der Waals surface area (Å²) in [6.45, 7) is 5.22. The highest BCUT2D eigenvalue weighted by Crippen LogP contribution is 2.38. The Hall–Kier alpha value is -2.51. The van der Waals surface area contributed by atoms with Crippen molar-refractivity contribution in [2.75, 3.05) is 42.6 Å². The van der Waals surface area contributed by atoms with E-state index in [0.29, 0.717) is 18.3 Å². The molecule has 0 aliphatic carbocycles. The van der Waals surface area contributed by atoms with Gasteiger partial charge in [-0.3, -0.25) is 4.79 Å². The van der Waals surface area contributed by atoms with Gasteiger partial charge in [0.2, 0.25) is 5.91 Å². The second-order valence-electron chi connectivity index (χ2n) is 6.70. The fourth-order valence-electron chi connectivity index (χ4n) is 3.62. The molecule has 7 heteroatoms. The first-order chi connectivity index (χ1) is 13.0. The molecule has 2 aromatic rings. The highest BCUT2D eigenvalue weighted by molar-refractivity contribution is 7.80. The average Bonchev–Trinajstić information content (AvgIpc) is 3.00. The van der Waals surface area contributed by atoms with E-state index in [-0.39, 0.29) is 18.3 Å². The van der Waals surface area contributed by atoms with Gasteiger partial charge in [0.25, 0.3) is 0 Å². The number of aryl methyl sites for hydroxylation is 1. The normalized spacial score (nSPS) is 17.4. The third-order valence-electron chi connectivity index (χ3n) is 4.87. The molecule has 2 heterocycles. The molecule has 140 valence electrons. The Morgan fingerprint density at radius 1 is 1.15 bits per heavy atom. The van der Waals surface area contributed by atoms with Gasteiger partial charge in [0.1, 0.15) is 12.4 Å². The number of nitrogens with zero attached hydrogens (tertiary/aromatic N) is 2. The first-order valence-corrected chi connectivity index (χ1v) is 9.28. The van der Waals surface area contributed by atoms with Gasteiger partial charge in [-0.2, -0.15) is 0 Å². The predicted octanol–water partition coefficient (Wildman–Crippen LogP) is 2.86. The number of halogens is 1. The van der Waals surface area contributed by atoms with E-state index >= 15 is 0 Å². The molecule has 0 radical (unpaired) electrons. The van der Waals surface area contributed by atoms with Crippen LogP contribution in [0.4, 0.5) is 15.8 Å². The van der Waals surface area contributed by atoms with E-state index in [1.807, 2.05) is 12.1 Å². The number of anilines is 2. The van der Waals surface area contributed by atoms with Gasteiger partial charge in [0.05, 0.1) is 13.2 Å². The Labute approximate surface area is 162 Å². The predicted molar refractivity (Wildman–Crippen MR) is 108 cm³/mol. The lowest BCUT2D eigenvalue weighted by Gasteiger charge is -2.33. The Bertz CT molecular complexity index is 895. The van der Waals surface area contributed by atoms with E-state index in [9.17, 15) is 9.18 Å². The lowest BCUT2D eigenvalue weighted by atomic mass is 9.97. The van der Waals surface area contributed by atoms with Gasteiger partial charge >= 0.3 is 0 Å². The van der Waals surface area contributed by atoms with Crippen LogP contribution in [-0.4, -0.2) is 43.9 Å². The fourth-order valence-corrected chi connectivity index (χ4v) is 3.91. The summed E-state index contributed by atoms with van der Waals surface area (Å²) in [4.78, 5) is 15.8. The van der Waals surface area contributed by atoms with Gasteiger partial charge in [-0.05, 0) is 54.5 Å². The quantitative estimate of drug-likeness (QED) is 0.824. The smallest absolute Gasteiger partial charge is 0.246 e. The number of carbonyl (C=O) groups excluding carboxylic acids is 1. The molecule has 0 spiro atoms. The minimum Gasteiger partial charge on any atom is -0.378 e. The van der Waals surface area contributed by atoms with Crippen molar-refractivity contribution in [2.24, 2.45) is 0 Å². The maximum Gasteiger partial charge on any atom is 0.246 e. The summed E-state index contributed by atoms with van der Waals surface area (Å²) in [6, 6.07) is 10.6. The molecule has 4 rings (SSSR count). The van der Waals surface area contributed by atoms with Crippen LogP contribution in [0.3, 0.4) is 0 Å². The molecular weight excluding hydrogens is 365 g/mol. The minimum atomic E-state index is -0.268. The molecule has 5 nitrogen and oxygen atoms in total. The summed E-state index contributed by atoms with van der Waals surface area (Å²) in [5, 5.41) is 3.08. The first kappa shape index (κ1) is 17.9. The van der Waals surface area contributed by atoms with E-state index in [4.69, 9.17) is 17.0 Å². The topological polar surface area (TPSA) is 44.8 Å². The van der Waals surface area contributed by atoms with Crippen molar-refractivity contribution >= 4 is 34.6 Å². The number of nitrogens with one attached hydrogen (secondary N) is 1. The number of hydrogen-bond acceptors (Lipinski definition) is 4. The zero-order valence-corrected chi connectivity index (χ0v) is 15.8. The molecule has 1 N–H and O–H groups in total. The summed E-state index contributed by atoms with van der Waals surface area (Å²) in [5.41, 5.74) is 4.96. The van der Waals surface area contributed by atoms with Gasteiger partial charge in [0, 0.05) is 30.0 Å². The lowest BCUT2D eigenvalue weighted by Crippen LogP contribution is -2.37. The molecular formula is C20H20FN3O2S. The van der Waals surface area contributed by atoms with Crippen molar-refractivity contribution in [3.63, 3.8) is 0 Å². The van der Waals surface area contributed by atoms with Crippen LogP contribution in [0, 0.1) is 12.7 Å². The number of morpholine rings is 1. The zero-order chi connectivity index (χ0) is 19.0. The second-order valence-corrected chi connectivity index (χ2v) is 7.09. The Morgan fingerprint density at radius 3 is 2.48 bits per heavy atom. The number of thiocarbonyl (C=S) groups is 1. The van der Waals surface area contributed by atoms with Crippen molar-refractivity contribution in [3.8, 4) is 11.1 Å². The molecule has 0 atom stereocenters. The first-order valence-electron chi connectivity index (χ1n) is 8.87. The van der Waals surface area contributed by atoms with Crippen LogP contribution in [0.2, 0.25) is 0 Å². The highest BCUT2D eigenvalue weighted by Gasteiger charge is 2.27. The summed E-state index contributed by atoms with van der Waals surface area (Å²) in [6.07, 6.45) is 0. The SMILES string of the molecule is Cc1cc(N2CC(=O)NC2=S)cc(-c2ccc(F)cc2)c1N1CCOCC1. The van der Waals surface area contributed by atoms with Crippen molar-refractivity contribution in [2.45, 2.75) is 6.92 Å². The van der Waals surface area contributed by atoms with Crippen molar-refractivity contribution in [1.29, 1.82) is 0 Å². The van der Waals surface area contributed by atoms with E-state index in [0.717, 1.165) is 41.2 Å². The summed E-state index contributed by atoms with van der Waals surface area (Å²) in [7, 11) is 0. The molecule has 0 saturated carbocycles. The summed E-state index contributed by atoms with van der Waals surface area (Å²) in [5.74, 6) is -0.381. The zero-order valence-electron chi connectivity index (χ0n) is 15.0. The van der Waals surface area contributed by atoms with E-state index < -0.39 is 0 Å². The van der Waals surface area contributed by atoms with Crippen molar-refractivity contribution in [3.05, 3.63) is 47.8 Å². The van der Waals surface area contributed by atoms with Crippen LogP contribution in [-0.2, 0) is 9.53 Å². The Balaban J connectivity index is 1.84. The molecule has 2 fully saturated rings. The number of benzene rings is 2. The largest absolute Gasteiger partial charge is 0.378 e. The molecule has 0 bridgehead atoms. The molecule has 2 aromatic carbocycles. The molecule has 2 aliphatic rings. The van der Waals surface area contributed by atoms with Gasteiger partial charge in [0.15, 0.2) is 5.11 Å². The monoisotopic (exact) mass is 385 g/mol. The minimum absolute atomic E-state index is 0.113. The van der Waals surface area contributed by atoms with Crippen LogP contribution in [0.15, 0.2) is 36.4 Å². The fraction of sp³-hybridized carbons (Fsp3) is 0.300. The van der Waals surface area contributed by atoms with Crippen LogP contribution in [0.25, 0.3) is 11.1 Å². The van der Waals surface area contributed by atoms with E-state index in [2.05, 4.69) is 17.1 Å². The maximum atomic E-state index is 13.5. The number of carbonyl (C=O) groups is 1. The van der Waals surface area contributed by atoms with Crippen molar-refractivity contribution in [1.82, 2.24) is 5.32 Å². The maximum absolute atomic E-state index is 13.5. The van der Waals surface area contributed by atoms with Gasteiger partial charge in [-0.15, -0.1) is 0 Å². The number of amides is 1. The standard InChI is InChI=1S/C20H20FN3O2S/c1-13-10-16(24-12-18(25)22-20(24)27)11-17(14-2-4-15(21)5-3-14)19(13)23-6-8-26-9-7-23/h2-5,10-11H,6-9,12H2,1H3,(H,22,25,27). The van der Waals surface area contributed by atoms with Crippen LogP contribution in [0.1, 0.15) is 5.56 Å². The van der Waals surface area contributed by atoms with Gasteiger partial charge in [-0.1, -0.05) is 12.1 Å². The van der Waals surface area contributed by atoms with Crippen LogP contribution in [0.5, 0.6) is 0 Å². The van der Waals surface area contributed by atoms with Crippen LogP contribution >= 0.6 is 12.2 Å².